The summed E-state index contributed by atoms with van der Waals surface area (Å²) in [4.78, 5) is 8.43. The van der Waals surface area contributed by atoms with Gasteiger partial charge < -0.3 is 19.4 Å². The Morgan fingerprint density at radius 2 is 1.77 bits per heavy atom. The SMILES string of the molecule is COc1ccc2c(c1)c(C1=Nc3ccccc3C1c1c[nH]c3ccccc13)c(O)n2C. The number of nitrogens with zero attached hydrogens (tertiary/aromatic N) is 2. The standard InChI is InChI=1S/C26H21N3O2/c1-29-22-12-11-15(31-2)13-18(22)24(26(29)30)25-23(17-8-4-6-10-21(17)28-25)19-14-27-20-9-5-3-7-16(19)20/h3-14,23,27,30H,1-2H3. The van der Waals surface area contributed by atoms with Crippen LogP contribution in [0.1, 0.15) is 22.6 Å². The van der Waals surface area contributed by atoms with Crippen LogP contribution in [-0.4, -0.2) is 27.5 Å². The molecule has 31 heavy (non-hydrogen) atoms. The summed E-state index contributed by atoms with van der Waals surface area (Å²) in [6.07, 6.45) is 2.07. The second kappa shape index (κ2) is 6.51. The van der Waals surface area contributed by atoms with Crippen molar-refractivity contribution < 1.29 is 9.84 Å². The molecule has 1 aliphatic heterocycles. The van der Waals surface area contributed by atoms with Crippen molar-refractivity contribution in [2.45, 2.75) is 5.92 Å². The fourth-order valence-electron chi connectivity index (χ4n) is 4.81. The minimum absolute atomic E-state index is 0.0879. The van der Waals surface area contributed by atoms with Gasteiger partial charge in [0.15, 0.2) is 0 Å². The second-order valence-corrected chi connectivity index (χ2v) is 7.92. The summed E-state index contributed by atoms with van der Waals surface area (Å²) < 4.78 is 7.28. The van der Waals surface area contributed by atoms with Crippen LogP contribution in [0.4, 0.5) is 5.69 Å². The Morgan fingerprint density at radius 1 is 0.968 bits per heavy atom. The third kappa shape index (κ3) is 2.46. The van der Waals surface area contributed by atoms with E-state index in [9.17, 15) is 5.11 Å². The van der Waals surface area contributed by atoms with E-state index in [1.54, 1.807) is 7.11 Å². The van der Waals surface area contributed by atoms with E-state index in [0.29, 0.717) is 0 Å². The van der Waals surface area contributed by atoms with Gasteiger partial charge in [-0.1, -0.05) is 36.4 Å². The molecule has 0 saturated heterocycles. The number of aromatic amines is 1. The summed E-state index contributed by atoms with van der Waals surface area (Å²) in [6.45, 7) is 0. The van der Waals surface area contributed by atoms with Gasteiger partial charge >= 0.3 is 0 Å². The number of hydrogen-bond acceptors (Lipinski definition) is 3. The predicted molar refractivity (Wildman–Crippen MR) is 124 cm³/mol. The molecule has 1 atom stereocenters. The Bertz CT molecular complexity index is 1510. The maximum Gasteiger partial charge on any atom is 0.201 e. The van der Waals surface area contributed by atoms with Crippen LogP contribution in [0.3, 0.4) is 0 Å². The van der Waals surface area contributed by atoms with Crippen LogP contribution >= 0.6 is 0 Å². The first kappa shape index (κ1) is 17.8. The number of aryl methyl sites for hydroxylation is 1. The van der Waals surface area contributed by atoms with Gasteiger partial charge in [-0.25, -0.2) is 0 Å². The zero-order valence-electron chi connectivity index (χ0n) is 17.3. The molecule has 1 unspecified atom stereocenters. The van der Waals surface area contributed by atoms with Gasteiger partial charge in [-0.3, -0.25) is 4.99 Å². The topological polar surface area (TPSA) is 62.5 Å². The van der Waals surface area contributed by atoms with Crippen LogP contribution in [0.15, 0.2) is 77.9 Å². The third-order valence-corrected chi connectivity index (χ3v) is 6.33. The Balaban J connectivity index is 1.66. The first-order chi connectivity index (χ1) is 15.2. The van der Waals surface area contributed by atoms with Gasteiger partial charge in [0.2, 0.25) is 5.88 Å². The third-order valence-electron chi connectivity index (χ3n) is 6.33. The second-order valence-electron chi connectivity index (χ2n) is 7.92. The van der Waals surface area contributed by atoms with E-state index in [2.05, 4.69) is 35.4 Å². The van der Waals surface area contributed by atoms with Crippen molar-refractivity contribution >= 4 is 33.2 Å². The number of nitrogens with one attached hydrogen (secondary N) is 1. The minimum Gasteiger partial charge on any atom is -0.497 e. The number of benzene rings is 3. The number of aliphatic imine (C=N–C) groups is 1. The lowest BCUT2D eigenvalue weighted by Gasteiger charge is -2.15. The molecule has 2 N–H and O–H groups in total. The van der Waals surface area contributed by atoms with Gasteiger partial charge in [0.05, 0.1) is 35.5 Å². The summed E-state index contributed by atoms with van der Waals surface area (Å²) in [7, 11) is 3.53. The number of H-pyrrole nitrogens is 1. The van der Waals surface area contributed by atoms with Crippen LogP contribution in [0.5, 0.6) is 11.6 Å². The summed E-state index contributed by atoms with van der Waals surface area (Å²) in [6, 6.07) is 22.4. The lowest BCUT2D eigenvalue weighted by molar-refractivity contribution is 0.415. The Hall–Kier alpha value is -3.99. The fraction of sp³-hybridized carbons (Fsp3) is 0.115. The molecule has 3 aromatic carbocycles. The lowest BCUT2D eigenvalue weighted by Crippen LogP contribution is -2.11. The zero-order valence-corrected chi connectivity index (χ0v) is 17.3. The summed E-state index contributed by atoms with van der Waals surface area (Å²) in [5.41, 5.74) is 6.85. The molecular formula is C26H21N3O2. The van der Waals surface area contributed by atoms with Crippen molar-refractivity contribution in [2.75, 3.05) is 7.11 Å². The van der Waals surface area contributed by atoms with E-state index < -0.39 is 0 Å². The highest BCUT2D eigenvalue weighted by Gasteiger charge is 2.35. The molecule has 0 saturated carbocycles. The van der Waals surface area contributed by atoms with Crippen LogP contribution in [0, 0.1) is 0 Å². The monoisotopic (exact) mass is 407 g/mol. The van der Waals surface area contributed by atoms with Crippen LogP contribution in [0.2, 0.25) is 0 Å². The van der Waals surface area contributed by atoms with Crippen LogP contribution < -0.4 is 4.74 Å². The first-order valence-electron chi connectivity index (χ1n) is 10.3. The summed E-state index contributed by atoms with van der Waals surface area (Å²) >= 11 is 0. The molecule has 5 aromatic rings. The van der Waals surface area contributed by atoms with E-state index in [1.807, 2.05) is 54.1 Å². The molecule has 0 radical (unpaired) electrons. The largest absolute Gasteiger partial charge is 0.497 e. The molecule has 0 bridgehead atoms. The van der Waals surface area contributed by atoms with Crippen molar-refractivity contribution in [3.8, 4) is 11.6 Å². The van der Waals surface area contributed by atoms with Crippen LogP contribution in [-0.2, 0) is 7.05 Å². The Labute approximate surface area is 179 Å². The van der Waals surface area contributed by atoms with Crippen molar-refractivity contribution in [3.63, 3.8) is 0 Å². The van der Waals surface area contributed by atoms with Gasteiger partial charge in [-0.15, -0.1) is 0 Å². The highest BCUT2D eigenvalue weighted by atomic mass is 16.5. The van der Waals surface area contributed by atoms with E-state index >= 15 is 0 Å². The van der Waals surface area contributed by atoms with Crippen molar-refractivity contribution in [2.24, 2.45) is 12.0 Å². The molecule has 2 aromatic heterocycles. The number of ether oxygens (including phenoxy) is 1. The quantitative estimate of drug-likeness (QED) is 0.407. The van der Waals surface area contributed by atoms with Crippen LogP contribution in [0.25, 0.3) is 21.8 Å². The Kier molecular flexibility index (Phi) is 3.74. The number of aromatic nitrogens is 2. The minimum atomic E-state index is -0.0879. The number of rotatable bonds is 3. The van der Waals surface area contributed by atoms with Gasteiger partial charge in [0, 0.05) is 29.5 Å². The highest BCUT2D eigenvalue weighted by Crippen LogP contribution is 2.47. The molecular weight excluding hydrogens is 386 g/mol. The molecule has 5 nitrogen and oxygen atoms in total. The van der Waals surface area contributed by atoms with Gasteiger partial charge in [-0.05, 0) is 41.5 Å². The maximum absolute atomic E-state index is 11.2. The molecule has 152 valence electrons. The smallest absolute Gasteiger partial charge is 0.201 e. The molecule has 0 spiro atoms. The molecule has 6 rings (SSSR count). The molecule has 0 aliphatic carbocycles. The van der Waals surface area contributed by atoms with Gasteiger partial charge in [0.1, 0.15) is 5.75 Å². The Morgan fingerprint density at radius 3 is 2.65 bits per heavy atom. The average molecular weight is 407 g/mol. The highest BCUT2D eigenvalue weighted by molar-refractivity contribution is 6.21. The normalized spacial score (nSPS) is 15.4. The van der Waals surface area contributed by atoms with Gasteiger partial charge in [0.25, 0.3) is 0 Å². The van der Waals surface area contributed by atoms with Gasteiger partial charge in [-0.2, -0.15) is 0 Å². The fourth-order valence-corrected chi connectivity index (χ4v) is 4.81. The summed E-state index contributed by atoms with van der Waals surface area (Å²) in [5.74, 6) is 0.869. The molecule has 3 heterocycles. The maximum atomic E-state index is 11.2. The number of hydrogen-bond donors (Lipinski definition) is 2. The lowest BCUT2D eigenvalue weighted by atomic mass is 9.85. The van der Waals surface area contributed by atoms with Crippen molar-refractivity contribution in [1.82, 2.24) is 9.55 Å². The number of para-hydroxylation sites is 2. The predicted octanol–water partition coefficient (Wildman–Crippen LogP) is 5.64. The first-order valence-corrected chi connectivity index (χ1v) is 10.3. The van der Waals surface area contributed by atoms with E-state index in [0.717, 1.165) is 55.6 Å². The molecule has 0 amide bonds. The molecule has 0 fully saturated rings. The van der Waals surface area contributed by atoms with Crippen molar-refractivity contribution in [1.29, 1.82) is 0 Å². The number of methoxy groups -OCH3 is 1. The molecule has 1 aliphatic rings. The zero-order chi connectivity index (χ0) is 21.1. The molecule has 5 heteroatoms. The van der Waals surface area contributed by atoms with E-state index in [1.165, 1.54) is 0 Å². The number of aromatic hydroxyl groups is 1. The average Bonchev–Trinajstić information content (AvgIpc) is 3.45. The summed E-state index contributed by atoms with van der Waals surface area (Å²) in [5, 5.41) is 13.3. The number of fused-ring (bicyclic) bond motifs is 3. The van der Waals surface area contributed by atoms with Crippen molar-refractivity contribution in [3.05, 3.63) is 89.6 Å². The van der Waals surface area contributed by atoms with E-state index in [-0.39, 0.29) is 11.8 Å². The van der Waals surface area contributed by atoms with E-state index in [4.69, 9.17) is 9.73 Å².